The van der Waals surface area contributed by atoms with Crippen LogP contribution in [0.5, 0.6) is 5.75 Å². The van der Waals surface area contributed by atoms with Crippen LogP contribution in [0.15, 0.2) is 24.3 Å². The van der Waals surface area contributed by atoms with Crippen LogP contribution in [-0.4, -0.2) is 40.1 Å². The van der Waals surface area contributed by atoms with Gasteiger partial charge in [0, 0.05) is 5.56 Å². The zero-order chi connectivity index (χ0) is 17.9. The van der Waals surface area contributed by atoms with Crippen molar-refractivity contribution in [3.05, 3.63) is 30.0 Å². The van der Waals surface area contributed by atoms with Crippen molar-refractivity contribution in [1.29, 1.82) is 0 Å². The van der Waals surface area contributed by atoms with Gasteiger partial charge >= 0.3 is 12.1 Å². The van der Waals surface area contributed by atoms with E-state index in [-0.39, 0.29) is 5.69 Å². The van der Waals surface area contributed by atoms with Crippen molar-refractivity contribution in [3.8, 4) is 17.0 Å². The van der Waals surface area contributed by atoms with Gasteiger partial charge in [0.05, 0.1) is 18.5 Å². The molecule has 0 radical (unpaired) electrons. The minimum Gasteiger partial charge on any atom is -0.495 e. The smallest absolute Gasteiger partial charge is 0.412 e. The Morgan fingerprint density at radius 3 is 2.50 bits per heavy atom. The van der Waals surface area contributed by atoms with Gasteiger partial charge in [0.1, 0.15) is 17.0 Å². The van der Waals surface area contributed by atoms with Gasteiger partial charge in [-0.15, -0.1) is 0 Å². The highest BCUT2D eigenvalue weighted by molar-refractivity contribution is 5.89. The minimum absolute atomic E-state index is 0.0140. The predicted octanol–water partition coefficient (Wildman–Crippen LogP) is 3.13. The third-order valence-electron chi connectivity index (χ3n) is 2.94. The Balaban J connectivity index is 2.23. The Hall–Kier alpha value is -3.03. The van der Waals surface area contributed by atoms with Crippen LogP contribution in [0, 0.1) is 0 Å². The maximum atomic E-state index is 11.9. The Morgan fingerprint density at radius 2 is 1.96 bits per heavy atom. The number of nitrogens with zero attached hydrogens (tertiary/aromatic N) is 1. The average Bonchev–Trinajstić information content (AvgIpc) is 2.95. The van der Waals surface area contributed by atoms with Crippen molar-refractivity contribution in [2.24, 2.45) is 0 Å². The molecule has 0 aliphatic carbocycles. The van der Waals surface area contributed by atoms with Gasteiger partial charge in [-0.25, -0.2) is 9.59 Å². The Kier molecular flexibility index (Phi) is 4.77. The largest absolute Gasteiger partial charge is 0.495 e. The summed E-state index contributed by atoms with van der Waals surface area (Å²) in [6.07, 6.45) is -0.596. The lowest BCUT2D eigenvalue weighted by molar-refractivity contribution is 0.0633. The minimum atomic E-state index is -1.09. The number of ether oxygens (including phenoxy) is 2. The summed E-state index contributed by atoms with van der Waals surface area (Å²) in [5.41, 5.74) is 0.906. The summed E-state index contributed by atoms with van der Waals surface area (Å²) in [7, 11) is 1.46. The number of methoxy groups -OCH3 is 1. The van der Waals surface area contributed by atoms with Crippen LogP contribution in [0.25, 0.3) is 11.3 Å². The molecular weight excluding hydrogens is 314 g/mol. The topological polar surface area (TPSA) is 114 Å². The monoisotopic (exact) mass is 333 g/mol. The zero-order valence-corrected chi connectivity index (χ0v) is 13.8. The molecular formula is C16H19N3O5. The van der Waals surface area contributed by atoms with E-state index < -0.39 is 17.7 Å². The van der Waals surface area contributed by atoms with Gasteiger partial charge in [0.25, 0.3) is 0 Å². The maximum absolute atomic E-state index is 11.9. The lowest BCUT2D eigenvalue weighted by atomic mass is 10.1. The van der Waals surface area contributed by atoms with Crippen LogP contribution >= 0.6 is 0 Å². The van der Waals surface area contributed by atoms with E-state index in [4.69, 9.17) is 14.6 Å². The highest BCUT2D eigenvalue weighted by Crippen LogP contribution is 2.30. The molecule has 1 aromatic heterocycles. The van der Waals surface area contributed by atoms with Gasteiger partial charge in [-0.3, -0.25) is 10.4 Å². The number of hydrogen-bond donors (Lipinski definition) is 3. The molecule has 1 amide bonds. The number of benzene rings is 1. The number of carbonyl (C=O) groups is 2. The van der Waals surface area contributed by atoms with E-state index in [0.717, 1.165) is 0 Å². The number of aromatic carboxylic acids is 1. The summed E-state index contributed by atoms with van der Waals surface area (Å²) >= 11 is 0. The summed E-state index contributed by atoms with van der Waals surface area (Å²) < 4.78 is 10.5. The molecule has 0 fully saturated rings. The second-order valence-corrected chi connectivity index (χ2v) is 6.01. The first-order chi connectivity index (χ1) is 11.2. The molecule has 0 bridgehead atoms. The van der Waals surface area contributed by atoms with Crippen LogP contribution in [0.2, 0.25) is 0 Å². The van der Waals surface area contributed by atoms with Crippen molar-refractivity contribution >= 4 is 17.7 Å². The van der Waals surface area contributed by atoms with Gasteiger partial charge in [-0.1, -0.05) is 6.07 Å². The fraction of sp³-hybridized carbons (Fsp3) is 0.312. The third kappa shape index (κ3) is 4.25. The molecule has 0 unspecified atom stereocenters. The molecule has 1 aromatic carbocycles. The molecule has 8 nitrogen and oxygen atoms in total. The van der Waals surface area contributed by atoms with Gasteiger partial charge in [-0.2, -0.15) is 5.10 Å². The molecule has 0 aliphatic rings. The summed E-state index contributed by atoms with van der Waals surface area (Å²) in [5.74, 6) is -0.692. The quantitative estimate of drug-likeness (QED) is 0.792. The van der Waals surface area contributed by atoms with E-state index in [2.05, 4.69) is 15.5 Å². The molecule has 0 aliphatic heterocycles. The summed E-state index contributed by atoms with van der Waals surface area (Å²) in [5, 5.41) is 17.9. The average molecular weight is 333 g/mol. The van der Waals surface area contributed by atoms with E-state index in [1.807, 2.05) is 0 Å². The Morgan fingerprint density at radius 1 is 1.25 bits per heavy atom. The summed E-state index contributed by atoms with van der Waals surface area (Å²) in [6.45, 7) is 5.31. The first-order valence-corrected chi connectivity index (χ1v) is 7.17. The zero-order valence-electron chi connectivity index (χ0n) is 13.8. The molecule has 2 aromatic rings. The molecule has 24 heavy (non-hydrogen) atoms. The van der Waals surface area contributed by atoms with Crippen molar-refractivity contribution in [1.82, 2.24) is 10.2 Å². The number of amides is 1. The van der Waals surface area contributed by atoms with E-state index in [9.17, 15) is 9.59 Å². The molecule has 8 heteroatoms. The van der Waals surface area contributed by atoms with Crippen LogP contribution in [-0.2, 0) is 4.74 Å². The lowest BCUT2D eigenvalue weighted by Crippen LogP contribution is -2.27. The molecule has 128 valence electrons. The molecule has 0 saturated heterocycles. The van der Waals surface area contributed by atoms with E-state index in [1.165, 1.54) is 13.2 Å². The van der Waals surface area contributed by atoms with Gasteiger partial charge < -0.3 is 14.6 Å². The number of hydrogen-bond acceptors (Lipinski definition) is 5. The van der Waals surface area contributed by atoms with Crippen molar-refractivity contribution in [3.63, 3.8) is 0 Å². The first-order valence-electron chi connectivity index (χ1n) is 7.17. The van der Waals surface area contributed by atoms with Crippen molar-refractivity contribution in [2.75, 3.05) is 12.4 Å². The van der Waals surface area contributed by atoms with Gasteiger partial charge in [0.15, 0.2) is 0 Å². The number of aromatic amines is 1. The van der Waals surface area contributed by atoms with E-state index in [1.54, 1.807) is 39.0 Å². The van der Waals surface area contributed by atoms with Crippen molar-refractivity contribution in [2.45, 2.75) is 26.4 Å². The van der Waals surface area contributed by atoms with E-state index >= 15 is 0 Å². The normalized spacial score (nSPS) is 11.0. The SMILES string of the molecule is COc1cc(-c2cc(C(=O)O)[nH]n2)ccc1NC(=O)OC(C)(C)C. The fourth-order valence-corrected chi connectivity index (χ4v) is 1.95. The third-order valence-corrected chi connectivity index (χ3v) is 2.94. The number of carboxylic acids is 1. The second kappa shape index (κ2) is 6.61. The number of H-pyrrole nitrogens is 1. The van der Waals surface area contributed by atoms with Crippen LogP contribution in [0.3, 0.4) is 0 Å². The highest BCUT2D eigenvalue weighted by Gasteiger charge is 2.18. The molecule has 3 N–H and O–H groups in total. The number of aromatic nitrogens is 2. The molecule has 0 spiro atoms. The number of carboxylic acid groups (broad SMARTS) is 1. The number of anilines is 1. The van der Waals surface area contributed by atoms with Gasteiger partial charge in [0.2, 0.25) is 0 Å². The fourth-order valence-electron chi connectivity index (χ4n) is 1.95. The van der Waals surface area contributed by atoms with Gasteiger partial charge in [-0.05, 0) is 39.0 Å². The van der Waals surface area contributed by atoms with E-state index in [0.29, 0.717) is 22.7 Å². The molecule has 2 rings (SSSR count). The Bertz CT molecular complexity index is 761. The number of carbonyl (C=O) groups excluding carboxylic acids is 1. The standard InChI is InChI=1S/C16H19N3O5/c1-16(2,3)24-15(22)17-10-6-5-9(7-13(10)23-4)11-8-12(14(20)21)19-18-11/h5-8H,1-4H3,(H,17,22)(H,18,19)(H,20,21). The summed E-state index contributed by atoms with van der Waals surface area (Å²) in [4.78, 5) is 22.8. The highest BCUT2D eigenvalue weighted by atomic mass is 16.6. The second-order valence-electron chi connectivity index (χ2n) is 6.01. The first kappa shape index (κ1) is 17.3. The molecule has 0 atom stereocenters. The molecule has 1 heterocycles. The molecule has 0 saturated carbocycles. The van der Waals surface area contributed by atoms with Crippen LogP contribution in [0.4, 0.5) is 10.5 Å². The maximum Gasteiger partial charge on any atom is 0.412 e. The van der Waals surface area contributed by atoms with Crippen LogP contribution in [0.1, 0.15) is 31.3 Å². The number of nitrogens with one attached hydrogen (secondary N) is 2. The van der Waals surface area contributed by atoms with Crippen molar-refractivity contribution < 1.29 is 24.2 Å². The van der Waals surface area contributed by atoms with Crippen LogP contribution < -0.4 is 10.1 Å². The lowest BCUT2D eigenvalue weighted by Gasteiger charge is -2.20. The Labute approximate surface area is 138 Å². The number of rotatable bonds is 4. The summed E-state index contributed by atoms with van der Waals surface area (Å²) in [6, 6.07) is 6.39. The predicted molar refractivity (Wildman–Crippen MR) is 87.4 cm³/mol.